The number of aryl methyl sites for hydroxylation is 1. The van der Waals surface area contributed by atoms with Crippen molar-refractivity contribution in [2.45, 2.75) is 59.7 Å². The zero-order chi connectivity index (χ0) is 19.8. The van der Waals surface area contributed by atoms with E-state index >= 15 is 0 Å². The summed E-state index contributed by atoms with van der Waals surface area (Å²) >= 11 is 0. The van der Waals surface area contributed by atoms with Crippen LogP contribution in [0, 0.1) is 6.92 Å². The van der Waals surface area contributed by atoms with Gasteiger partial charge in [0.05, 0.1) is 22.9 Å². The van der Waals surface area contributed by atoms with Crippen LogP contribution in [0.1, 0.15) is 47.2 Å². The molecule has 4 rings (SSSR count). The Balaban J connectivity index is 0.00000102. The molecule has 0 spiro atoms. The first-order valence-electron chi connectivity index (χ1n) is 9.54. The molecule has 0 aliphatic carbocycles. The van der Waals surface area contributed by atoms with Gasteiger partial charge in [-0.1, -0.05) is 32.0 Å². The molecule has 1 saturated heterocycles. The highest BCUT2D eigenvalue weighted by molar-refractivity contribution is 6.62. The molecule has 142 valence electrons. The van der Waals surface area contributed by atoms with Crippen LogP contribution < -0.4 is 5.46 Å². The van der Waals surface area contributed by atoms with Gasteiger partial charge in [-0.3, -0.25) is 0 Å². The van der Waals surface area contributed by atoms with Crippen LogP contribution in [0.3, 0.4) is 0 Å². The van der Waals surface area contributed by atoms with Crippen molar-refractivity contribution in [1.82, 2.24) is 14.8 Å². The standard InChI is InChI=1S/C19H22BN3O2.C2H6/c1-13-7-6-8-17(22-13)23-16-11-15(10-9-14(16)12-21-23)20-24-18(2,3)19(4,5)25-20;1-2/h6-12H,1-5H3;1-2H3. The SMILES string of the molecule is CC.Cc1cccc(-n2ncc3ccc(B4OC(C)(C)C(C)(C)O4)cc32)n1. The van der Waals surface area contributed by atoms with Crippen molar-refractivity contribution >= 4 is 23.5 Å². The van der Waals surface area contributed by atoms with Gasteiger partial charge >= 0.3 is 7.12 Å². The number of aromatic nitrogens is 3. The fourth-order valence-electron chi connectivity index (χ4n) is 2.99. The van der Waals surface area contributed by atoms with E-state index in [9.17, 15) is 0 Å². The molecular weight excluding hydrogens is 337 g/mol. The Morgan fingerprint density at radius 2 is 1.63 bits per heavy atom. The summed E-state index contributed by atoms with van der Waals surface area (Å²) in [4.78, 5) is 4.58. The second kappa shape index (κ2) is 7.10. The van der Waals surface area contributed by atoms with Crippen molar-refractivity contribution in [3.05, 3.63) is 48.3 Å². The van der Waals surface area contributed by atoms with E-state index in [0.29, 0.717) is 0 Å². The molecule has 6 heteroatoms. The number of hydrogen-bond acceptors (Lipinski definition) is 4. The summed E-state index contributed by atoms with van der Waals surface area (Å²) < 4.78 is 14.2. The lowest BCUT2D eigenvalue weighted by Gasteiger charge is -2.32. The maximum Gasteiger partial charge on any atom is 0.494 e. The molecule has 1 aliphatic heterocycles. The molecule has 0 N–H and O–H groups in total. The molecule has 0 bridgehead atoms. The van der Waals surface area contributed by atoms with E-state index in [0.717, 1.165) is 27.9 Å². The van der Waals surface area contributed by atoms with Crippen molar-refractivity contribution in [1.29, 1.82) is 0 Å². The normalized spacial score (nSPS) is 17.7. The number of hydrogen-bond donors (Lipinski definition) is 0. The van der Waals surface area contributed by atoms with Gasteiger partial charge in [0, 0.05) is 11.1 Å². The first kappa shape index (κ1) is 19.6. The zero-order valence-electron chi connectivity index (χ0n) is 17.3. The van der Waals surface area contributed by atoms with E-state index in [4.69, 9.17) is 9.31 Å². The van der Waals surface area contributed by atoms with Crippen LogP contribution in [0.2, 0.25) is 0 Å². The lowest BCUT2D eigenvalue weighted by Crippen LogP contribution is -2.41. The van der Waals surface area contributed by atoms with Crippen LogP contribution in [0.5, 0.6) is 0 Å². The van der Waals surface area contributed by atoms with Crippen molar-refractivity contribution < 1.29 is 9.31 Å². The highest BCUT2D eigenvalue weighted by Gasteiger charge is 2.51. The van der Waals surface area contributed by atoms with Crippen LogP contribution in [0.4, 0.5) is 0 Å². The van der Waals surface area contributed by atoms with E-state index < -0.39 is 0 Å². The fourth-order valence-corrected chi connectivity index (χ4v) is 2.99. The molecular formula is C21H28BN3O2. The number of nitrogens with zero attached hydrogens (tertiary/aromatic N) is 3. The van der Waals surface area contributed by atoms with E-state index in [1.807, 2.05) is 55.9 Å². The van der Waals surface area contributed by atoms with Crippen LogP contribution in [0.25, 0.3) is 16.7 Å². The topological polar surface area (TPSA) is 49.2 Å². The minimum Gasteiger partial charge on any atom is -0.399 e. The average Bonchev–Trinajstić information content (AvgIpc) is 3.14. The smallest absolute Gasteiger partial charge is 0.399 e. The molecule has 2 aromatic heterocycles. The third-order valence-corrected chi connectivity index (χ3v) is 5.21. The molecule has 1 aliphatic rings. The van der Waals surface area contributed by atoms with E-state index in [1.54, 1.807) is 0 Å². The van der Waals surface area contributed by atoms with Gasteiger partial charge in [-0.15, -0.1) is 0 Å². The van der Waals surface area contributed by atoms with Crippen LogP contribution in [-0.2, 0) is 9.31 Å². The predicted octanol–water partition coefficient (Wildman–Crippen LogP) is 4.05. The maximum atomic E-state index is 6.17. The summed E-state index contributed by atoms with van der Waals surface area (Å²) in [5, 5.41) is 5.56. The molecule has 0 radical (unpaired) electrons. The van der Waals surface area contributed by atoms with Crippen LogP contribution in [0.15, 0.2) is 42.6 Å². The molecule has 27 heavy (non-hydrogen) atoms. The minimum atomic E-state index is -0.386. The Hall–Kier alpha value is -2.18. The average molecular weight is 365 g/mol. The molecule has 5 nitrogen and oxygen atoms in total. The Morgan fingerprint density at radius 1 is 0.963 bits per heavy atom. The summed E-state index contributed by atoms with van der Waals surface area (Å²) in [7, 11) is -0.386. The fraction of sp³-hybridized carbons (Fsp3) is 0.429. The first-order valence-corrected chi connectivity index (χ1v) is 9.54. The lowest BCUT2D eigenvalue weighted by molar-refractivity contribution is 0.00578. The van der Waals surface area contributed by atoms with Gasteiger partial charge in [-0.2, -0.15) is 5.10 Å². The highest BCUT2D eigenvalue weighted by Crippen LogP contribution is 2.36. The summed E-state index contributed by atoms with van der Waals surface area (Å²) in [6.07, 6.45) is 1.85. The van der Waals surface area contributed by atoms with Gasteiger partial charge in [0.15, 0.2) is 5.82 Å². The second-order valence-corrected chi connectivity index (χ2v) is 7.60. The van der Waals surface area contributed by atoms with Gasteiger partial charge in [-0.05, 0) is 58.3 Å². The Morgan fingerprint density at radius 3 is 2.26 bits per heavy atom. The monoisotopic (exact) mass is 365 g/mol. The van der Waals surface area contributed by atoms with Crippen molar-refractivity contribution in [3.63, 3.8) is 0 Å². The van der Waals surface area contributed by atoms with Crippen molar-refractivity contribution in [3.8, 4) is 5.82 Å². The minimum absolute atomic E-state index is 0.356. The van der Waals surface area contributed by atoms with E-state index in [2.05, 4.69) is 49.9 Å². The zero-order valence-corrected chi connectivity index (χ0v) is 17.3. The molecule has 0 saturated carbocycles. The second-order valence-electron chi connectivity index (χ2n) is 7.60. The molecule has 0 unspecified atom stereocenters. The van der Waals surface area contributed by atoms with Crippen LogP contribution in [-0.4, -0.2) is 33.1 Å². The molecule has 3 aromatic rings. The van der Waals surface area contributed by atoms with Gasteiger partial charge < -0.3 is 9.31 Å². The third kappa shape index (κ3) is 3.51. The summed E-state index contributed by atoms with van der Waals surface area (Å²) in [6.45, 7) is 14.2. The quantitative estimate of drug-likeness (QED) is 0.643. The molecule has 0 amide bonds. The van der Waals surface area contributed by atoms with Gasteiger partial charge in [-0.25, -0.2) is 9.67 Å². The molecule has 1 aromatic carbocycles. The van der Waals surface area contributed by atoms with Crippen LogP contribution >= 0.6 is 0 Å². The maximum absolute atomic E-state index is 6.17. The molecule has 1 fully saturated rings. The highest BCUT2D eigenvalue weighted by atomic mass is 16.7. The third-order valence-electron chi connectivity index (χ3n) is 5.21. The summed E-state index contributed by atoms with van der Waals surface area (Å²) in [5.74, 6) is 0.807. The van der Waals surface area contributed by atoms with E-state index in [-0.39, 0.29) is 18.3 Å². The summed E-state index contributed by atoms with van der Waals surface area (Å²) in [6, 6.07) is 12.1. The predicted molar refractivity (Wildman–Crippen MR) is 111 cm³/mol. The van der Waals surface area contributed by atoms with Gasteiger partial charge in [0.25, 0.3) is 0 Å². The Kier molecular flexibility index (Phi) is 5.15. The Bertz CT molecular complexity index is 934. The van der Waals surface area contributed by atoms with Crippen molar-refractivity contribution in [2.75, 3.05) is 0 Å². The Labute approximate surface area is 161 Å². The number of fused-ring (bicyclic) bond motifs is 1. The number of rotatable bonds is 2. The molecule has 0 atom stereocenters. The molecule has 3 heterocycles. The van der Waals surface area contributed by atoms with Crippen molar-refractivity contribution in [2.24, 2.45) is 0 Å². The summed E-state index contributed by atoms with van der Waals surface area (Å²) in [5.41, 5.74) is 2.23. The van der Waals surface area contributed by atoms with E-state index in [1.165, 1.54) is 0 Å². The van der Waals surface area contributed by atoms with Gasteiger partial charge in [0.2, 0.25) is 0 Å². The largest absolute Gasteiger partial charge is 0.494 e. The number of benzene rings is 1. The lowest BCUT2D eigenvalue weighted by atomic mass is 9.79. The van der Waals surface area contributed by atoms with Gasteiger partial charge in [0.1, 0.15) is 0 Å². The number of pyridine rings is 1. The first-order chi connectivity index (χ1) is 12.8.